The van der Waals surface area contributed by atoms with E-state index in [9.17, 15) is 18.0 Å². The molecule has 0 spiro atoms. The zero-order valence-electron chi connectivity index (χ0n) is 16.0. The van der Waals surface area contributed by atoms with E-state index in [1.165, 1.54) is 18.2 Å². The van der Waals surface area contributed by atoms with Crippen LogP contribution in [0.5, 0.6) is 0 Å². The maximum absolute atomic E-state index is 13.2. The fraction of sp³-hybridized carbons (Fsp3) is 0.316. The second-order valence-corrected chi connectivity index (χ2v) is 6.08. The Morgan fingerprint density at radius 2 is 1.93 bits per heavy atom. The number of hydrazone groups is 1. The minimum Gasteiger partial charge on any atom is -0.448 e. The average molecular weight is 394 g/mol. The Morgan fingerprint density at radius 1 is 1.21 bits per heavy atom. The number of amides is 1. The molecule has 2 rings (SSSR count). The molecule has 0 bridgehead atoms. The van der Waals surface area contributed by atoms with Crippen LogP contribution in [0, 0.1) is 0 Å². The maximum Gasteiger partial charge on any atom is 0.430 e. The lowest BCUT2D eigenvalue weighted by molar-refractivity contribution is -0.137. The Bertz CT molecular complexity index is 866. The van der Waals surface area contributed by atoms with Gasteiger partial charge in [0.2, 0.25) is 0 Å². The Morgan fingerprint density at radius 3 is 2.54 bits per heavy atom. The fourth-order valence-electron chi connectivity index (χ4n) is 2.25. The number of aromatic nitrogens is 1. The number of hydrogen-bond acceptors (Lipinski definition) is 5. The van der Waals surface area contributed by atoms with Crippen LogP contribution >= 0.6 is 0 Å². The van der Waals surface area contributed by atoms with Crippen molar-refractivity contribution in [2.24, 2.45) is 5.10 Å². The summed E-state index contributed by atoms with van der Waals surface area (Å²) in [7, 11) is 4.69. The Kier molecular flexibility index (Phi) is 6.61. The number of ether oxygens (including phenoxy) is 1. The molecule has 0 unspecified atom stereocenters. The van der Waals surface area contributed by atoms with Gasteiger partial charge in [0, 0.05) is 26.7 Å². The summed E-state index contributed by atoms with van der Waals surface area (Å²) in [6.07, 6.45) is -3.67. The number of benzene rings is 1. The van der Waals surface area contributed by atoms with E-state index in [4.69, 9.17) is 4.74 Å². The monoisotopic (exact) mass is 394 g/mol. The van der Waals surface area contributed by atoms with E-state index >= 15 is 0 Å². The van der Waals surface area contributed by atoms with Crippen LogP contribution in [0.1, 0.15) is 18.1 Å². The van der Waals surface area contributed by atoms with Gasteiger partial charge in [-0.1, -0.05) is 18.2 Å². The van der Waals surface area contributed by atoms with E-state index < -0.39 is 17.8 Å². The van der Waals surface area contributed by atoms with Crippen LogP contribution in [0.2, 0.25) is 0 Å². The van der Waals surface area contributed by atoms with Gasteiger partial charge in [0.1, 0.15) is 5.82 Å². The van der Waals surface area contributed by atoms with Gasteiger partial charge >= 0.3 is 12.3 Å². The molecule has 0 atom stereocenters. The van der Waals surface area contributed by atoms with Crippen molar-refractivity contribution in [2.45, 2.75) is 13.1 Å². The normalized spacial score (nSPS) is 11.5. The molecule has 0 radical (unpaired) electrons. The lowest BCUT2D eigenvalue weighted by atomic mass is 10.1. The highest BCUT2D eigenvalue weighted by molar-refractivity contribution is 5.83. The molecule has 0 fully saturated rings. The van der Waals surface area contributed by atoms with Gasteiger partial charge in [-0.3, -0.25) is 0 Å². The molecule has 1 aromatic carbocycles. The van der Waals surface area contributed by atoms with Gasteiger partial charge in [0.25, 0.3) is 0 Å². The van der Waals surface area contributed by atoms with Crippen molar-refractivity contribution in [3.05, 3.63) is 47.5 Å². The summed E-state index contributed by atoms with van der Waals surface area (Å²) in [5, 5.41) is 5.01. The van der Waals surface area contributed by atoms with Crippen LogP contribution in [-0.4, -0.2) is 50.1 Å². The second kappa shape index (κ2) is 8.73. The van der Waals surface area contributed by atoms with Crippen LogP contribution in [0.4, 0.5) is 23.8 Å². The van der Waals surface area contributed by atoms with Gasteiger partial charge in [-0.15, -0.1) is 0 Å². The van der Waals surface area contributed by atoms with E-state index in [1.807, 2.05) is 0 Å². The van der Waals surface area contributed by atoms with Crippen LogP contribution in [0.15, 0.2) is 41.5 Å². The summed E-state index contributed by atoms with van der Waals surface area (Å²) in [6.45, 7) is 1.91. The third-order valence-corrected chi connectivity index (χ3v) is 3.69. The van der Waals surface area contributed by atoms with Crippen molar-refractivity contribution in [2.75, 3.05) is 32.6 Å². The number of nitrogens with zero attached hydrogens (tertiary/aromatic N) is 4. The Hall–Kier alpha value is -3.10. The lowest BCUT2D eigenvalue weighted by Crippen LogP contribution is -2.22. The lowest BCUT2D eigenvalue weighted by Gasteiger charge is -2.16. The van der Waals surface area contributed by atoms with Gasteiger partial charge in [-0.25, -0.2) is 14.8 Å². The third-order valence-electron chi connectivity index (χ3n) is 3.69. The van der Waals surface area contributed by atoms with E-state index in [2.05, 4.69) is 10.1 Å². The first kappa shape index (κ1) is 21.2. The van der Waals surface area contributed by atoms with E-state index in [-0.39, 0.29) is 18.1 Å². The van der Waals surface area contributed by atoms with Gasteiger partial charge in [-0.05, 0) is 30.7 Å². The molecule has 9 heteroatoms. The molecule has 28 heavy (non-hydrogen) atoms. The Balaban J connectivity index is 2.38. The molecule has 2 aromatic rings. The van der Waals surface area contributed by atoms with Crippen molar-refractivity contribution in [3.8, 4) is 11.3 Å². The first-order chi connectivity index (χ1) is 13.1. The first-order valence-electron chi connectivity index (χ1n) is 8.43. The molecular weight excluding hydrogens is 373 g/mol. The SMILES string of the molecule is CCOC(=O)N(C)N=Cc1cccc(-c2cc(C(F)(F)F)cc(N(C)C)n2)c1. The summed E-state index contributed by atoms with van der Waals surface area (Å²) < 4.78 is 44.5. The predicted octanol–water partition coefficient (Wildman–Crippen LogP) is 4.26. The van der Waals surface area contributed by atoms with Gasteiger partial charge < -0.3 is 9.64 Å². The highest BCUT2D eigenvalue weighted by atomic mass is 19.4. The smallest absolute Gasteiger partial charge is 0.430 e. The molecular formula is C19H21F3N4O2. The van der Waals surface area contributed by atoms with Crippen molar-refractivity contribution < 1.29 is 22.7 Å². The molecule has 0 aliphatic rings. The predicted molar refractivity (Wildman–Crippen MR) is 101 cm³/mol. The summed E-state index contributed by atoms with van der Waals surface area (Å²) >= 11 is 0. The molecule has 1 amide bonds. The van der Waals surface area contributed by atoms with Crippen molar-refractivity contribution in [3.63, 3.8) is 0 Å². The second-order valence-electron chi connectivity index (χ2n) is 6.08. The van der Waals surface area contributed by atoms with Crippen LogP contribution in [0.3, 0.4) is 0 Å². The quantitative estimate of drug-likeness (QED) is 0.562. The summed E-state index contributed by atoms with van der Waals surface area (Å²) in [5.74, 6) is 0.200. The molecule has 0 saturated carbocycles. The molecule has 0 N–H and O–H groups in total. The third kappa shape index (κ3) is 5.45. The zero-order chi connectivity index (χ0) is 20.9. The molecule has 0 saturated heterocycles. The van der Waals surface area contributed by atoms with Crippen molar-refractivity contribution >= 4 is 18.1 Å². The largest absolute Gasteiger partial charge is 0.448 e. The number of carbonyl (C=O) groups is 1. The highest BCUT2D eigenvalue weighted by Gasteiger charge is 2.32. The summed E-state index contributed by atoms with van der Waals surface area (Å²) in [6, 6.07) is 8.71. The molecule has 1 aromatic heterocycles. The van der Waals surface area contributed by atoms with Crippen LogP contribution in [0.25, 0.3) is 11.3 Å². The minimum atomic E-state index is -4.48. The van der Waals surface area contributed by atoms with Gasteiger partial charge in [0.15, 0.2) is 0 Å². The first-order valence-corrected chi connectivity index (χ1v) is 8.43. The molecule has 0 aliphatic carbocycles. The number of halogens is 3. The van der Waals surface area contributed by atoms with E-state index in [0.717, 1.165) is 17.1 Å². The Labute approximate surface area is 161 Å². The topological polar surface area (TPSA) is 58.0 Å². The van der Waals surface area contributed by atoms with Gasteiger partial charge in [0.05, 0.1) is 24.1 Å². The number of anilines is 1. The number of alkyl halides is 3. The van der Waals surface area contributed by atoms with Crippen molar-refractivity contribution in [1.82, 2.24) is 9.99 Å². The van der Waals surface area contributed by atoms with Crippen LogP contribution in [-0.2, 0) is 10.9 Å². The summed E-state index contributed by atoms with van der Waals surface area (Å²) in [4.78, 5) is 17.4. The fourth-order valence-corrected chi connectivity index (χ4v) is 2.25. The average Bonchev–Trinajstić information content (AvgIpc) is 2.65. The number of pyridine rings is 1. The molecule has 150 valence electrons. The molecule has 0 aliphatic heterocycles. The molecule has 1 heterocycles. The van der Waals surface area contributed by atoms with Crippen molar-refractivity contribution in [1.29, 1.82) is 0 Å². The number of hydrogen-bond donors (Lipinski definition) is 0. The summed E-state index contributed by atoms with van der Waals surface area (Å²) in [5.41, 5.74) is 0.506. The van der Waals surface area contributed by atoms with Gasteiger partial charge in [-0.2, -0.15) is 18.3 Å². The maximum atomic E-state index is 13.2. The number of rotatable bonds is 5. The molecule has 6 nitrogen and oxygen atoms in total. The zero-order valence-corrected chi connectivity index (χ0v) is 16.0. The van der Waals surface area contributed by atoms with Crippen LogP contribution < -0.4 is 4.90 Å². The van der Waals surface area contributed by atoms with E-state index in [1.54, 1.807) is 45.3 Å². The minimum absolute atomic E-state index is 0.188. The standard InChI is InChI=1S/C19H21F3N4O2/c1-5-28-18(27)26(4)23-12-13-7-6-8-14(9-13)16-10-15(19(20,21)22)11-17(24-16)25(2)3/h6-12H,5H2,1-4H3. The highest BCUT2D eigenvalue weighted by Crippen LogP contribution is 2.33. The van der Waals surface area contributed by atoms with E-state index in [0.29, 0.717) is 11.1 Å². The number of carbonyl (C=O) groups excluding carboxylic acids is 1.